The van der Waals surface area contributed by atoms with E-state index in [0.717, 1.165) is 16.2 Å². The van der Waals surface area contributed by atoms with Crippen molar-refractivity contribution in [2.45, 2.75) is 45.4 Å². The first-order valence-electron chi connectivity index (χ1n) is 8.23. The van der Waals surface area contributed by atoms with Gasteiger partial charge in [-0.25, -0.2) is 0 Å². The summed E-state index contributed by atoms with van der Waals surface area (Å²) in [5, 5.41) is 0. The molecule has 7 aliphatic rings. The lowest BCUT2D eigenvalue weighted by Crippen LogP contribution is -2.40. The Balaban J connectivity index is 1.72. The lowest BCUT2D eigenvalue weighted by molar-refractivity contribution is 0.00887. The van der Waals surface area contributed by atoms with Gasteiger partial charge in [-0.1, -0.05) is 6.92 Å². The molecule has 7 rings (SSSR count). The summed E-state index contributed by atoms with van der Waals surface area (Å²) in [6.45, 7) is 2.74. The molecule has 0 aromatic heterocycles. The summed E-state index contributed by atoms with van der Waals surface area (Å²) in [5.74, 6) is 8.54. The zero-order chi connectivity index (χ0) is 10.8. The molecular weight excluding hydrogens is 204 g/mol. The second-order valence-electron chi connectivity index (χ2n) is 9.36. The van der Waals surface area contributed by atoms with E-state index in [2.05, 4.69) is 6.92 Å². The number of rotatable bonds is 0. The maximum Gasteiger partial charge on any atom is -0.0196 e. The van der Waals surface area contributed by atoms with Gasteiger partial charge in [-0.15, -0.1) is 0 Å². The van der Waals surface area contributed by atoms with Gasteiger partial charge in [0.05, 0.1) is 0 Å². The molecule has 0 aromatic carbocycles. The molecule has 7 fully saturated rings. The quantitative estimate of drug-likeness (QED) is 0.590. The Labute approximate surface area is 104 Å². The van der Waals surface area contributed by atoms with Gasteiger partial charge in [0.25, 0.3) is 0 Å². The maximum absolute atomic E-state index is 2.74. The van der Waals surface area contributed by atoms with Crippen molar-refractivity contribution < 1.29 is 0 Å². The van der Waals surface area contributed by atoms with Crippen molar-refractivity contribution in [3.63, 3.8) is 0 Å². The minimum Gasteiger partial charge on any atom is -0.0591 e. The molecule has 90 valence electrons. The molecule has 10 unspecified atom stereocenters. The topological polar surface area (TPSA) is 0 Å². The number of hydrogen-bond donors (Lipinski definition) is 0. The SMILES string of the molecule is CC12CC34C5CC1C3C1CC2C2CCC4C21C5. The number of fused-ring (bicyclic) bond motifs is 1. The molecule has 17 heavy (non-hydrogen) atoms. The van der Waals surface area contributed by atoms with Crippen LogP contribution in [0.4, 0.5) is 0 Å². The van der Waals surface area contributed by atoms with Crippen LogP contribution in [0.15, 0.2) is 0 Å². The van der Waals surface area contributed by atoms with Gasteiger partial charge in [0.15, 0.2) is 0 Å². The first kappa shape index (κ1) is 8.23. The van der Waals surface area contributed by atoms with Crippen molar-refractivity contribution in [1.29, 1.82) is 0 Å². The Morgan fingerprint density at radius 1 is 0.882 bits per heavy atom. The van der Waals surface area contributed by atoms with Crippen molar-refractivity contribution in [3.8, 4) is 0 Å². The van der Waals surface area contributed by atoms with Crippen LogP contribution in [0.2, 0.25) is 0 Å². The highest BCUT2D eigenvalue weighted by Crippen LogP contribution is 2.98. The van der Waals surface area contributed by atoms with Crippen molar-refractivity contribution in [2.24, 2.45) is 57.7 Å². The second kappa shape index (κ2) is 1.78. The van der Waals surface area contributed by atoms with Crippen LogP contribution in [0.25, 0.3) is 0 Å². The van der Waals surface area contributed by atoms with Gasteiger partial charge in [-0.3, -0.25) is 0 Å². The van der Waals surface area contributed by atoms with E-state index in [1.54, 1.807) is 38.5 Å². The first-order valence-corrected chi connectivity index (χ1v) is 8.23. The Hall–Kier alpha value is 0. The van der Waals surface area contributed by atoms with Gasteiger partial charge in [0.1, 0.15) is 0 Å². The average Bonchev–Trinajstić information content (AvgIpc) is 2.93. The van der Waals surface area contributed by atoms with Gasteiger partial charge in [0, 0.05) is 0 Å². The molecule has 7 saturated carbocycles. The molecule has 0 radical (unpaired) electrons. The summed E-state index contributed by atoms with van der Waals surface area (Å²) < 4.78 is 0. The molecule has 0 aliphatic heterocycles. The van der Waals surface area contributed by atoms with Crippen LogP contribution in [0.3, 0.4) is 0 Å². The highest BCUT2D eigenvalue weighted by Gasteiger charge is 2.92. The summed E-state index contributed by atoms with van der Waals surface area (Å²) in [6.07, 6.45) is 10.1. The largest absolute Gasteiger partial charge is 0.0591 e. The minimum absolute atomic E-state index is 0.833. The Kier molecular flexibility index (Phi) is 0.860. The third-order valence-corrected chi connectivity index (χ3v) is 10.2. The predicted molar refractivity (Wildman–Crippen MR) is 65.1 cm³/mol. The zero-order valence-electron chi connectivity index (χ0n) is 10.8. The molecule has 0 saturated heterocycles. The summed E-state index contributed by atoms with van der Waals surface area (Å²) >= 11 is 0. The third kappa shape index (κ3) is 0.444. The lowest BCUT2D eigenvalue weighted by atomic mass is 9.57. The average molecular weight is 226 g/mol. The van der Waals surface area contributed by atoms with Crippen molar-refractivity contribution in [2.75, 3.05) is 0 Å². The van der Waals surface area contributed by atoms with E-state index >= 15 is 0 Å². The molecule has 0 nitrogen and oxygen atoms in total. The van der Waals surface area contributed by atoms with Gasteiger partial charge < -0.3 is 0 Å². The highest BCUT2D eigenvalue weighted by atomic mass is 15.0. The smallest absolute Gasteiger partial charge is 0.0196 e. The Morgan fingerprint density at radius 2 is 1.82 bits per heavy atom. The van der Waals surface area contributed by atoms with E-state index in [1.165, 1.54) is 41.4 Å². The van der Waals surface area contributed by atoms with Crippen molar-refractivity contribution >= 4 is 0 Å². The fourth-order valence-electron chi connectivity index (χ4n) is 10.8. The highest BCUT2D eigenvalue weighted by molar-refractivity contribution is 5.40. The van der Waals surface area contributed by atoms with E-state index in [-0.39, 0.29) is 0 Å². The summed E-state index contributed by atoms with van der Waals surface area (Å²) in [4.78, 5) is 0. The van der Waals surface area contributed by atoms with E-state index in [9.17, 15) is 0 Å². The van der Waals surface area contributed by atoms with Crippen LogP contribution in [-0.2, 0) is 0 Å². The van der Waals surface area contributed by atoms with Crippen LogP contribution in [0.5, 0.6) is 0 Å². The third-order valence-electron chi connectivity index (χ3n) is 10.2. The molecular formula is C17H22. The lowest BCUT2D eigenvalue weighted by Gasteiger charge is -2.48. The van der Waals surface area contributed by atoms with Gasteiger partial charge in [-0.2, -0.15) is 0 Å². The molecule has 2 spiro atoms. The standard InChI is InChI=1S/C17H22/c1-15-7-17-8-4-11(15)14(17)12-5-10(15)9-2-3-13(17)16(9,12)6-8/h8-14H,2-7H2,1H3. The van der Waals surface area contributed by atoms with Crippen LogP contribution >= 0.6 is 0 Å². The molecule has 0 aromatic rings. The Morgan fingerprint density at radius 3 is 2.76 bits per heavy atom. The minimum atomic E-state index is 0.833. The molecule has 0 heteroatoms. The fraction of sp³-hybridized carbons (Fsp3) is 1.00. The predicted octanol–water partition coefficient (Wildman–Crippen LogP) is 3.71. The second-order valence-corrected chi connectivity index (χ2v) is 9.36. The van der Waals surface area contributed by atoms with Crippen molar-refractivity contribution in [1.82, 2.24) is 0 Å². The van der Waals surface area contributed by atoms with E-state index in [0.29, 0.717) is 0 Å². The molecule has 0 N–H and O–H groups in total. The number of hydrogen-bond acceptors (Lipinski definition) is 0. The van der Waals surface area contributed by atoms with Crippen LogP contribution in [0.1, 0.15) is 45.4 Å². The molecule has 7 aliphatic carbocycles. The molecule has 0 heterocycles. The zero-order valence-corrected chi connectivity index (χ0v) is 10.8. The van der Waals surface area contributed by atoms with Crippen LogP contribution in [-0.4, -0.2) is 0 Å². The molecule has 10 atom stereocenters. The van der Waals surface area contributed by atoms with Gasteiger partial charge in [-0.05, 0) is 96.2 Å². The fourth-order valence-corrected chi connectivity index (χ4v) is 10.8. The van der Waals surface area contributed by atoms with E-state index in [4.69, 9.17) is 0 Å². The van der Waals surface area contributed by atoms with E-state index < -0.39 is 0 Å². The normalized spacial score (nSPS) is 87.0. The first-order chi connectivity index (χ1) is 8.23. The van der Waals surface area contributed by atoms with Crippen molar-refractivity contribution in [3.05, 3.63) is 0 Å². The van der Waals surface area contributed by atoms with Gasteiger partial charge >= 0.3 is 0 Å². The Bertz CT molecular complexity index is 486. The summed E-state index contributed by atoms with van der Waals surface area (Å²) in [6, 6.07) is 0. The van der Waals surface area contributed by atoms with E-state index in [1.807, 2.05) is 0 Å². The van der Waals surface area contributed by atoms with Crippen LogP contribution in [0, 0.1) is 57.7 Å². The maximum atomic E-state index is 2.74. The molecule has 0 amide bonds. The molecule has 7 bridgehead atoms. The summed E-state index contributed by atoms with van der Waals surface area (Å²) in [5.41, 5.74) is 2.72. The monoisotopic (exact) mass is 226 g/mol. The van der Waals surface area contributed by atoms with Crippen LogP contribution < -0.4 is 0 Å². The van der Waals surface area contributed by atoms with Gasteiger partial charge in [0.2, 0.25) is 0 Å². The summed E-state index contributed by atoms with van der Waals surface area (Å²) in [7, 11) is 0.